The van der Waals surface area contributed by atoms with E-state index in [1.54, 1.807) is 0 Å². The van der Waals surface area contributed by atoms with E-state index >= 15 is 0 Å². The molecule has 10 heavy (non-hydrogen) atoms. The number of hydrogen-bond acceptors (Lipinski definition) is 2. The molecule has 0 saturated carbocycles. The van der Waals surface area contributed by atoms with Gasteiger partial charge in [-0.15, -0.1) is 10.2 Å². The highest BCUT2D eigenvalue weighted by atomic mass is 127. The van der Waals surface area contributed by atoms with Crippen molar-refractivity contribution < 1.29 is 0 Å². The largest absolute Gasteiger partial charge is 0.143 e. The van der Waals surface area contributed by atoms with Gasteiger partial charge in [-0.3, -0.25) is 0 Å². The van der Waals surface area contributed by atoms with Crippen LogP contribution >= 0.6 is 77.0 Å². The quantitative estimate of drug-likeness (QED) is 0.523. The molecule has 1 aromatic rings. The van der Waals surface area contributed by atoms with Crippen molar-refractivity contribution in [3.05, 3.63) is 16.3 Å². The van der Waals surface area contributed by atoms with Crippen molar-refractivity contribution in [2.75, 3.05) is 0 Å². The summed E-state index contributed by atoms with van der Waals surface area (Å²) in [5, 5.41) is 7.69. The summed E-state index contributed by atoms with van der Waals surface area (Å²) in [6, 6.07) is 0. The smallest absolute Gasteiger partial charge is 0.141 e. The Hall–Kier alpha value is 1.50. The fourth-order valence-corrected chi connectivity index (χ4v) is 2.38. The Morgan fingerprint density at radius 3 is 1.50 bits per heavy atom. The van der Waals surface area contributed by atoms with Crippen LogP contribution in [0.15, 0.2) is 9.21 Å². The number of hydrogen-bond donors (Lipinski definition) is 0. The molecule has 54 valence electrons. The molecule has 0 atom stereocenters. The maximum absolute atomic E-state index is 3.85. The Balaban J connectivity index is 3.34. The third-order valence-electron chi connectivity index (χ3n) is 0.781. The van der Waals surface area contributed by atoms with Crippen molar-refractivity contribution in [3.63, 3.8) is 0 Å². The topological polar surface area (TPSA) is 25.8 Å². The van der Waals surface area contributed by atoms with Gasteiger partial charge in [0.25, 0.3) is 0 Å². The van der Waals surface area contributed by atoms with Gasteiger partial charge in [-0.05, 0) is 77.0 Å². The molecule has 2 nitrogen and oxygen atoms in total. The first-order chi connectivity index (χ1) is 4.63. The van der Waals surface area contributed by atoms with Crippen LogP contribution in [-0.4, -0.2) is 10.2 Å². The minimum absolute atomic E-state index is 0.792. The third-order valence-corrected chi connectivity index (χ3v) is 6.51. The van der Waals surface area contributed by atoms with Crippen LogP contribution in [-0.2, 0) is 0 Å². The maximum atomic E-state index is 3.85. The molecule has 1 heterocycles. The molecule has 0 aliphatic rings. The molecule has 0 aliphatic carbocycles. The summed E-state index contributed by atoms with van der Waals surface area (Å²) in [6.45, 7) is 0. The molecule has 1 aromatic heterocycles. The molecule has 0 spiro atoms. The van der Waals surface area contributed by atoms with Crippen LogP contribution in [0, 0.1) is 7.14 Å². The molecular weight excluding hydrogens is 490 g/mol. The van der Waals surface area contributed by atoms with Crippen LogP contribution in [0.2, 0.25) is 0 Å². The number of halogens is 4. The van der Waals surface area contributed by atoms with Gasteiger partial charge in [0.2, 0.25) is 0 Å². The Morgan fingerprint density at radius 1 is 0.900 bits per heavy atom. The van der Waals surface area contributed by atoms with Crippen LogP contribution in [0.4, 0.5) is 0 Å². The molecule has 0 radical (unpaired) electrons. The fraction of sp³-hybridized carbons (Fsp3) is 0. The minimum Gasteiger partial charge on any atom is -0.141 e. The van der Waals surface area contributed by atoms with E-state index in [0.29, 0.717) is 0 Å². The second kappa shape index (κ2) is 3.94. The Kier molecular flexibility index (Phi) is 3.78. The van der Waals surface area contributed by atoms with Gasteiger partial charge in [-0.1, -0.05) is 0 Å². The summed E-state index contributed by atoms with van der Waals surface area (Å²) >= 11 is 11.0. The summed E-state index contributed by atoms with van der Waals surface area (Å²) in [5.41, 5.74) is 0. The predicted molar refractivity (Wildman–Crippen MR) is 62.9 cm³/mol. The molecule has 0 fully saturated rings. The molecule has 0 amide bonds. The van der Waals surface area contributed by atoms with E-state index in [1.807, 2.05) is 0 Å². The summed E-state index contributed by atoms with van der Waals surface area (Å²) in [6.07, 6.45) is 0. The molecule has 6 heteroatoms. The van der Waals surface area contributed by atoms with Gasteiger partial charge in [0.1, 0.15) is 9.21 Å². The Morgan fingerprint density at radius 2 is 1.20 bits per heavy atom. The fourth-order valence-electron chi connectivity index (χ4n) is 0.357. The van der Waals surface area contributed by atoms with Crippen molar-refractivity contribution in [1.29, 1.82) is 0 Å². The van der Waals surface area contributed by atoms with E-state index in [9.17, 15) is 0 Å². The lowest BCUT2D eigenvalue weighted by Gasteiger charge is -1.97. The average Bonchev–Trinajstić information content (AvgIpc) is 1.93. The van der Waals surface area contributed by atoms with Gasteiger partial charge in [0, 0.05) is 0 Å². The zero-order valence-corrected chi connectivity index (χ0v) is 11.9. The van der Waals surface area contributed by atoms with Gasteiger partial charge in [-0.25, -0.2) is 0 Å². The normalized spacial score (nSPS) is 10.0. The van der Waals surface area contributed by atoms with Crippen molar-refractivity contribution >= 4 is 77.0 Å². The summed E-state index contributed by atoms with van der Waals surface area (Å²) in [4.78, 5) is 0. The van der Waals surface area contributed by atoms with E-state index in [1.165, 1.54) is 0 Å². The minimum atomic E-state index is 0.792. The van der Waals surface area contributed by atoms with Gasteiger partial charge in [-0.2, -0.15) is 0 Å². The number of nitrogens with zero attached hydrogens (tertiary/aromatic N) is 2. The van der Waals surface area contributed by atoms with Crippen LogP contribution in [0.1, 0.15) is 0 Å². The van der Waals surface area contributed by atoms with Crippen molar-refractivity contribution in [3.8, 4) is 0 Å². The van der Waals surface area contributed by atoms with E-state index in [2.05, 4.69) is 87.2 Å². The highest BCUT2D eigenvalue weighted by molar-refractivity contribution is 14.1. The molecule has 0 aromatic carbocycles. The molecule has 0 unspecified atom stereocenters. The molecular formula is C4Br2I2N2. The van der Waals surface area contributed by atoms with Crippen molar-refractivity contribution in [2.45, 2.75) is 0 Å². The second-order valence-corrected chi connectivity index (χ2v) is 5.07. The predicted octanol–water partition coefficient (Wildman–Crippen LogP) is 3.21. The van der Waals surface area contributed by atoms with Crippen molar-refractivity contribution in [1.82, 2.24) is 10.2 Å². The van der Waals surface area contributed by atoms with E-state index in [-0.39, 0.29) is 0 Å². The molecule has 0 saturated heterocycles. The Bertz CT molecular complexity index is 239. The van der Waals surface area contributed by atoms with Crippen molar-refractivity contribution in [2.24, 2.45) is 0 Å². The monoisotopic (exact) mass is 488 g/mol. The third kappa shape index (κ3) is 2.01. The lowest BCUT2D eigenvalue weighted by Crippen LogP contribution is -1.92. The standard InChI is InChI=1S/C4Br2I2N2/c5-3-1(7)2(8)4(6)10-9-3. The maximum Gasteiger partial charge on any atom is 0.143 e. The lowest BCUT2D eigenvalue weighted by atomic mass is 10.6. The highest BCUT2D eigenvalue weighted by Crippen LogP contribution is 2.25. The summed E-state index contributed by atoms with van der Waals surface area (Å²) in [7, 11) is 0. The van der Waals surface area contributed by atoms with Gasteiger partial charge in [0.15, 0.2) is 0 Å². The number of rotatable bonds is 0. The van der Waals surface area contributed by atoms with E-state index < -0.39 is 0 Å². The first-order valence-corrected chi connectivity index (χ1v) is 5.90. The average molecular weight is 490 g/mol. The molecule has 0 aliphatic heterocycles. The zero-order valence-electron chi connectivity index (χ0n) is 4.41. The van der Waals surface area contributed by atoms with Crippen LogP contribution in [0.25, 0.3) is 0 Å². The van der Waals surface area contributed by atoms with E-state index in [4.69, 9.17) is 0 Å². The molecule has 0 N–H and O–H groups in total. The highest BCUT2D eigenvalue weighted by Gasteiger charge is 2.06. The zero-order chi connectivity index (χ0) is 7.72. The molecule has 1 rings (SSSR count). The first kappa shape index (κ1) is 9.59. The second-order valence-electron chi connectivity index (χ2n) is 1.41. The molecule has 0 bridgehead atoms. The SMILES string of the molecule is Brc1nnc(Br)c(I)c1I. The first-order valence-electron chi connectivity index (χ1n) is 2.15. The summed E-state index contributed by atoms with van der Waals surface area (Å²) < 4.78 is 3.75. The van der Waals surface area contributed by atoms with Crippen LogP contribution in [0.5, 0.6) is 0 Å². The van der Waals surface area contributed by atoms with Crippen LogP contribution in [0.3, 0.4) is 0 Å². The number of aromatic nitrogens is 2. The Labute approximate surface area is 102 Å². The van der Waals surface area contributed by atoms with Crippen LogP contribution < -0.4 is 0 Å². The lowest BCUT2D eigenvalue weighted by molar-refractivity contribution is 0.960. The van der Waals surface area contributed by atoms with Gasteiger partial charge >= 0.3 is 0 Å². The van der Waals surface area contributed by atoms with E-state index in [0.717, 1.165) is 16.3 Å². The van der Waals surface area contributed by atoms with Gasteiger partial charge < -0.3 is 0 Å². The summed E-state index contributed by atoms with van der Waals surface area (Å²) in [5.74, 6) is 0. The van der Waals surface area contributed by atoms with Gasteiger partial charge in [0.05, 0.1) is 7.14 Å².